The molecule has 2 rings (SSSR count). The lowest BCUT2D eigenvalue weighted by Crippen LogP contribution is -2.18. The molecule has 1 saturated carbocycles. The number of aryl methyl sites for hydroxylation is 1. The molecule has 1 aromatic rings. The van der Waals surface area contributed by atoms with Gasteiger partial charge in [-0.3, -0.25) is 0 Å². The molecule has 2 N–H and O–H groups in total. The summed E-state index contributed by atoms with van der Waals surface area (Å²) < 4.78 is 0. The van der Waals surface area contributed by atoms with Gasteiger partial charge >= 0.3 is 0 Å². The van der Waals surface area contributed by atoms with Crippen molar-refractivity contribution in [3.63, 3.8) is 0 Å². The van der Waals surface area contributed by atoms with Crippen molar-refractivity contribution in [2.24, 2.45) is 5.73 Å². The molecule has 12 heavy (non-hydrogen) atoms. The Morgan fingerprint density at radius 2 is 2.17 bits per heavy atom. The fraction of sp³-hybridized carbons (Fsp3) is 0.444. The second-order valence-electron chi connectivity index (χ2n) is 3.48. The minimum absolute atomic E-state index is 0.0999. The van der Waals surface area contributed by atoms with Crippen molar-refractivity contribution < 1.29 is 0 Å². The van der Waals surface area contributed by atoms with Crippen molar-refractivity contribution in [1.29, 1.82) is 0 Å². The van der Waals surface area contributed by atoms with E-state index in [1.54, 1.807) is 0 Å². The number of nitrogens with zero attached hydrogens (tertiary/aromatic N) is 1. The molecule has 1 aliphatic rings. The van der Waals surface area contributed by atoms with Gasteiger partial charge in [-0.1, -0.05) is 11.6 Å². The van der Waals surface area contributed by atoms with Crippen LogP contribution in [0.2, 0.25) is 5.15 Å². The highest BCUT2D eigenvalue weighted by molar-refractivity contribution is 6.29. The topological polar surface area (TPSA) is 38.9 Å². The summed E-state index contributed by atoms with van der Waals surface area (Å²) in [6, 6.07) is 3.88. The molecule has 0 spiro atoms. The number of pyridine rings is 1. The van der Waals surface area contributed by atoms with Crippen LogP contribution in [0.25, 0.3) is 0 Å². The lowest BCUT2D eigenvalue weighted by Gasteiger charge is -2.09. The van der Waals surface area contributed by atoms with E-state index in [0.717, 1.165) is 24.1 Å². The summed E-state index contributed by atoms with van der Waals surface area (Å²) in [6.07, 6.45) is 2.12. The molecular weight excluding hydrogens is 172 g/mol. The average molecular weight is 183 g/mol. The van der Waals surface area contributed by atoms with Crippen molar-refractivity contribution in [2.75, 3.05) is 0 Å². The minimum atomic E-state index is -0.0999. The Morgan fingerprint density at radius 3 is 2.67 bits per heavy atom. The molecular formula is C9H11ClN2. The van der Waals surface area contributed by atoms with E-state index in [9.17, 15) is 0 Å². The van der Waals surface area contributed by atoms with Crippen molar-refractivity contribution in [3.8, 4) is 0 Å². The molecule has 0 aromatic carbocycles. The Balaban J connectivity index is 2.44. The molecule has 0 saturated heterocycles. The molecule has 2 nitrogen and oxygen atoms in total. The molecule has 1 aromatic heterocycles. The molecule has 0 aliphatic heterocycles. The van der Waals surface area contributed by atoms with E-state index in [-0.39, 0.29) is 5.54 Å². The number of hydrogen-bond donors (Lipinski definition) is 1. The Bertz CT molecular complexity index is 298. The van der Waals surface area contributed by atoms with Crippen LogP contribution in [0.1, 0.15) is 24.1 Å². The molecule has 0 bridgehead atoms. The number of aromatic nitrogens is 1. The van der Waals surface area contributed by atoms with Crippen LogP contribution in [-0.4, -0.2) is 4.98 Å². The molecule has 64 valence electrons. The number of rotatable bonds is 1. The van der Waals surface area contributed by atoms with Gasteiger partial charge in [-0.05, 0) is 37.5 Å². The summed E-state index contributed by atoms with van der Waals surface area (Å²) in [5.74, 6) is 0. The first-order chi connectivity index (χ1) is 5.60. The lowest BCUT2D eigenvalue weighted by atomic mass is 10.1. The lowest BCUT2D eigenvalue weighted by molar-refractivity contribution is 0.736. The second-order valence-corrected chi connectivity index (χ2v) is 3.86. The zero-order chi connectivity index (χ0) is 8.77. The standard InChI is InChI=1S/C9H11ClN2/c1-6-4-7(5-8(10)12-6)9(11)2-3-9/h4-5H,2-3,11H2,1H3. The number of nitrogens with two attached hydrogens (primary N) is 1. The van der Waals surface area contributed by atoms with Gasteiger partial charge in [0.05, 0.1) is 0 Å². The molecule has 0 radical (unpaired) electrons. The van der Waals surface area contributed by atoms with E-state index >= 15 is 0 Å². The van der Waals surface area contributed by atoms with Gasteiger partial charge in [0.1, 0.15) is 5.15 Å². The first-order valence-electron chi connectivity index (χ1n) is 4.04. The highest BCUT2D eigenvalue weighted by Crippen LogP contribution is 2.43. The van der Waals surface area contributed by atoms with Crippen LogP contribution in [-0.2, 0) is 5.54 Å². The third-order valence-corrected chi connectivity index (χ3v) is 2.48. The average Bonchev–Trinajstić information content (AvgIpc) is 2.67. The van der Waals surface area contributed by atoms with Crippen molar-refractivity contribution in [3.05, 3.63) is 28.5 Å². The van der Waals surface area contributed by atoms with Crippen LogP contribution in [0.4, 0.5) is 0 Å². The Hall–Kier alpha value is -0.600. The van der Waals surface area contributed by atoms with Gasteiger partial charge in [0.15, 0.2) is 0 Å². The molecule has 3 heteroatoms. The van der Waals surface area contributed by atoms with Crippen LogP contribution >= 0.6 is 11.6 Å². The highest BCUT2D eigenvalue weighted by atomic mass is 35.5. The predicted octanol–water partition coefficient (Wildman–Crippen LogP) is 1.99. The summed E-state index contributed by atoms with van der Waals surface area (Å²) in [7, 11) is 0. The van der Waals surface area contributed by atoms with Gasteiger partial charge < -0.3 is 5.73 Å². The molecule has 0 amide bonds. The van der Waals surface area contributed by atoms with Gasteiger partial charge in [0, 0.05) is 11.2 Å². The minimum Gasteiger partial charge on any atom is -0.321 e. The second kappa shape index (κ2) is 2.44. The van der Waals surface area contributed by atoms with Gasteiger partial charge in [0.2, 0.25) is 0 Å². The smallest absolute Gasteiger partial charge is 0.129 e. The van der Waals surface area contributed by atoms with E-state index in [1.807, 2.05) is 19.1 Å². The summed E-state index contributed by atoms with van der Waals surface area (Å²) in [5, 5.41) is 0.543. The fourth-order valence-corrected chi connectivity index (χ4v) is 1.59. The number of halogens is 1. The van der Waals surface area contributed by atoms with Crippen LogP contribution in [0.5, 0.6) is 0 Å². The maximum atomic E-state index is 6.02. The molecule has 1 heterocycles. The van der Waals surface area contributed by atoms with E-state index in [0.29, 0.717) is 5.15 Å². The number of hydrogen-bond acceptors (Lipinski definition) is 2. The van der Waals surface area contributed by atoms with Crippen LogP contribution < -0.4 is 5.73 Å². The van der Waals surface area contributed by atoms with Crippen LogP contribution in [0, 0.1) is 6.92 Å². The first-order valence-corrected chi connectivity index (χ1v) is 4.41. The third kappa shape index (κ3) is 1.32. The SMILES string of the molecule is Cc1cc(C2(N)CC2)cc(Cl)n1. The van der Waals surface area contributed by atoms with E-state index in [1.165, 1.54) is 0 Å². The monoisotopic (exact) mass is 182 g/mol. The van der Waals surface area contributed by atoms with Crippen molar-refractivity contribution >= 4 is 11.6 Å². The maximum Gasteiger partial charge on any atom is 0.129 e. The van der Waals surface area contributed by atoms with E-state index < -0.39 is 0 Å². The molecule has 1 aliphatic carbocycles. The zero-order valence-corrected chi connectivity index (χ0v) is 7.73. The van der Waals surface area contributed by atoms with Crippen molar-refractivity contribution in [2.45, 2.75) is 25.3 Å². The highest BCUT2D eigenvalue weighted by Gasteiger charge is 2.40. The predicted molar refractivity (Wildman–Crippen MR) is 49.1 cm³/mol. The van der Waals surface area contributed by atoms with Crippen LogP contribution in [0.3, 0.4) is 0 Å². The van der Waals surface area contributed by atoms with Gasteiger partial charge in [0.25, 0.3) is 0 Å². The largest absolute Gasteiger partial charge is 0.321 e. The maximum absolute atomic E-state index is 6.02. The van der Waals surface area contributed by atoms with Crippen LogP contribution in [0.15, 0.2) is 12.1 Å². The Morgan fingerprint density at radius 1 is 1.50 bits per heavy atom. The van der Waals surface area contributed by atoms with Gasteiger partial charge in [-0.25, -0.2) is 4.98 Å². The quantitative estimate of drug-likeness (QED) is 0.675. The Kier molecular flexibility index (Phi) is 1.63. The van der Waals surface area contributed by atoms with Crippen molar-refractivity contribution in [1.82, 2.24) is 4.98 Å². The van der Waals surface area contributed by atoms with E-state index in [2.05, 4.69) is 4.98 Å². The van der Waals surface area contributed by atoms with E-state index in [4.69, 9.17) is 17.3 Å². The van der Waals surface area contributed by atoms with Gasteiger partial charge in [-0.2, -0.15) is 0 Å². The summed E-state index contributed by atoms with van der Waals surface area (Å²) >= 11 is 5.82. The zero-order valence-electron chi connectivity index (χ0n) is 6.97. The van der Waals surface area contributed by atoms with Gasteiger partial charge in [-0.15, -0.1) is 0 Å². The summed E-state index contributed by atoms with van der Waals surface area (Å²) in [4.78, 5) is 4.09. The molecule has 0 unspecified atom stereocenters. The third-order valence-electron chi connectivity index (χ3n) is 2.29. The fourth-order valence-electron chi connectivity index (χ4n) is 1.34. The summed E-state index contributed by atoms with van der Waals surface area (Å²) in [6.45, 7) is 1.93. The summed E-state index contributed by atoms with van der Waals surface area (Å²) in [5.41, 5.74) is 7.98. The normalized spacial score (nSPS) is 19.2. The molecule has 0 atom stereocenters. The Labute approximate surface area is 76.7 Å². The first kappa shape index (κ1) is 8.02. The molecule has 1 fully saturated rings.